The van der Waals surface area contributed by atoms with Gasteiger partial charge in [-0.2, -0.15) is 13.2 Å². The lowest BCUT2D eigenvalue weighted by molar-refractivity contribution is -0.153. The van der Waals surface area contributed by atoms with Crippen molar-refractivity contribution in [1.29, 1.82) is 0 Å². The van der Waals surface area contributed by atoms with Crippen LogP contribution >= 0.6 is 0 Å². The molecule has 10 heteroatoms. The monoisotopic (exact) mass is 455 g/mol. The number of Topliss-reactive ketones (excluding diaryl/α,β-unsaturated/α-hetero) is 1. The van der Waals surface area contributed by atoms with Crippen LogP contribution in [-0.2, 0) is 16.0 Å². The molecule has 0 aromatic carbocycles. The summed E-state index contributed by atoms with van der Waals surface area (Å²) in [6, 6.07) is 4.26. The van der Waals surface area contributed by atoms with Gasteiger partial charge in [0.05, 0.1) is 25.5 Å². The van der Waals surface area contributed by atoms with Gasteiger partial charge in [0.25, 0.3) is 0 Å². The number of halogens is 4. The van der Waals surface area contributed by atoms with Gasteiger partial charge >= 0.3 is 6.18 Å². The molecule has 0 spiro atoms. The van der Waals surface area contributed by atoms with Crippen LogP contribution in [0, 0.1) is 5.82 Å². The Morgan fingerprint density at radius 3 is 2.72 bits per heavy atom. The highest BCUT2D eigenvalue weighted by atomic mass is 19.4. The molecule has 0 radical (unpaired) electrons. The Hall–Kier alpha value is -2.75. The topological polar surface area (TPSA) is 64.5 Å². The minimum atomic E-state index is -4.43. The van der Waals surface area contributed by atoms with Crippen molar-refractivity contribution in [2.75, 3.05) is 31.3 Å². The molecule has 0 bridgehead atoms. The fourth-order valence-electron chi connectivity index (χ4n) is 3.50. The summed E-state index contributed by atoms with van der Waals surface area (Å²) in [5.74, 6) is -0.604. The number of nitrogens with zero attached hydrogens (tertiary/aromatic N) is 3. The van der Waals surface area contributed by atoms with Crippen molar-refractivity contribution >= 4 is 11.6 Å². The van der Waals surface area contributed by atoms with E-state index in [1.54, 1.807) is 6.92 Å². The molecule has 2 aromatic rings. The Bertz CT molecular complexity index is 922. The number of ether oxygens (including phenoxy) is 2. The van der Waals surface area contributed by atoms with Gasteiger partial charge in [-0.3, -0.25) is 9.78 Å². The number of hydrogen-bond acceptors (Lipinski definition) is 6. The van der Waals surface area contributed by atoms with E-state index in [-0.39, 0.29) is 42.2 Å². The van der Waals surface area contributed by atoms with Crippen LogP contribution in [0.4, 0.5) is 23.4 Å². The van der Waals surface area contributed by atoms with E-state index in [2.05, 4.69) is 14.7 Å². The number of alkyl halides is 3. The SMILES string of the molecule is C[C@@H]1COCCN1c1ncc(CC(=O)C[C@H](C)c2ccc(OCC(F)(F)F)cn2)cc1F. The smallest absolute Gasteiger partial charge is 0.422 e. The number of pyridine rings is 2. The fraction of sp³-hybridized carbons (Fsp3) is 0.500. The second kappa shape index (κ2) is 10.2. The summed E-state index contributed by atoms with van der Waals surface area (Å²) in [7, 11) is 0. The van der Waals surface area contributed by atoms with Crippen LogP contribution in [-0.4, -0.2) is 54.3 Å². The van der Waals surface area contributed by atoms with Crippen molar-refractivity contribution in [3.8, 4) is 5.75 Å². The number of ketones is 1. The summed E-state index contributed by atoms with van der Waals surface area (Å²) in [4.78, 5) is 22.6. The van der Waals surface area contributed by atoms with Crippen LogP contribution in [0.15, 0.2) is 30.6 Å². The van der Waals surface area contributed by atoms with Crippen LogP contribution < -0.4 is 9.64 Å². The van der Waals surface area contributed by atoms with E-state index in [1.807, 2.05) is 11.8 Å². The molecule has 2 aromatic heterocycles. The van der Waals surface area contributed by atoms with E-state index in [1.165, 1.54) is 30.6 Å². The van der Waals surface area contributed by atoms with Gasteiger partial charge in [0.1, 0.15) is 11.5 Å². The number of rotatable bonds is 8. The number of morpholine rings is 1. The Morgan fingerprint density at radius 2 is 2.09 bits per heavy atom. The van der Waals surface area contributed by atoms with Gasteiger partial charge in [-0.15, -0.1) is 0 Å². The van der Waals surface area contributed by atoms with E-state index < -0.39 is 18.6 Å². The lowest BCUT2D eigenvalue weighted by Crippen LogP contribution is -2.44. The van der Waals surface area contributed by atoms with Crippen LogP contribution in [0.5, 0.6) is 5.75 Å². The van der Waals surface area contributed by atoms with Crippen LogP contribution in [0.2, 0.25) is 0 Å². The molecule has 0 unspecified atom stereocenters. The van der Waals surface area contributed by atoms with Crippen LogP contribution in [0.3, 0.4) is 0 Å². The zero-order valence-electron chi connectivity index (χ0n) is 17.9. The maximum absolute atomic E-state index is 14.6. The zero-order valence-corrected chi connectivity index (χ0v) is 17.9. The molecule has 3 heterocycles. The third kappa shape index (κ3) is 6.62. The molecule has 6 nitrogen and oxygen atoms in total. The fourth-order valence-corrected chi connectivity index (χ4v) is 3.50. The minimum Gasteiger partial charge on any atom is -0.483 e. The van der Waals surface area contributed by atoms with Crippen molar-refractivity contribution < 1.29 is 31.8 Å². The first kappa shape index (κ1) is 23.9. The van der Waals surface area contributed by atoms with Gasteiger partial charge in [0.2, 0.25) is 0 Å². The summed E-state index contributed by atoms with van der Waals surface area (Å²) in [5.41, 5.74) is 1.03. The normalized spacial score (nSPS) is 17.8. The molecule has 0 aliphatic carbocycles. The molecule has 174 valence electrons. The molecular weight excluding hydrogens is 430 g/mol. The predicted molar refractivity (Wildman–Crippen MR) is 109 cm³/mol. The van der Waals surface area contributed by atoms with Gasteiger partial charge in [0.15, 0.2) is 18.2 Å². The van der Waals surface area contributed by atoms with Crippen molar-refractivity contribution in [3.63, 3.8) is 0 Å². The molecule has 2 atom stereocenters. The molecular formula is C22H25F4N3O3. The molecule has 1 aliphatic heterocycles. The van der Waals surface area contributed by atoms with Gasteiger partial charge in [0, 0.05) is 37.2 Å². The van der Waals surface area contributed by atoms with Crippen molar-refractivity contribution in [2.45, 2.75) is 44.8 Å². The number of carbonyl (C=O) groups is 1. The lowest BCUT2D eigenvalue weighted by Gasteiger charge is -2.34. The minimum absolute atomic E-state index is 0.000766. The van der Waals surface area contributed by atoms with Crippen molar-refractivity contribution in [1.82, 2.24) is 9.97 Å². The van der Waals surface area contributed by atoms with Gasteiger partial charge in [-0.25, -0.2) is 9.37 Å². The largest absolute Gasteiger partial charge is 0.483 e. The summed E-state index contributed by atoms with van der Waals surface area (Å²) in [6.07, 6.45) is -1.54. The maximum atomic E-state index is 14.6. The predicted octanol–water partition coefficient (Wildman–Crippen LogP) is 4.09. The Balaban J connectivity index is 1.55. The summed E-state index contributed by atoms with van der Waals surface area (Å²) < 4.78 is 61.2. The summed E-state index contributed by atoms with van der Waals surface area (Å²) >= 11 is 0. The number of carbonyl (C=O) groups excluding carboxylic acids is 1. The quantitative estimate of drug-likeness (QED) is 0.559. The molecule has 3 rings (SSSR count). The standard InChI is InChI=1S/C22H25F4N3O3/c1-14(20-4-3-18(11-27-20)32-13-22(24,25)26)7-17(30)8-16-9-19(23)21(28-10-16)29-5-6-31-12-15(29)2/h3-4,9-11,14-15H,5-8,12-13H2,1-2H3/t14-,15+/m0/s1. The first-order chi connectivity index (χ1) is 15.1. The molecule has 0 saturated carbocycles. The van der Waals surface area contributed by atoms with E-state index in [9.17, 15) is 22.4 Å². The molecule has 1 aliphatic rings. The molecule has 0 amide bonds. The Labute approximate surface area is 183 Å². The van der Waals surface area contributed by atoms with Crippen LogP contribution in [0.25, 0.3) is 0 Å². The third-order valence-corrected chi connectivity index (χ3v) is 5.12. The highest BCUT2D eigenvalue weighted by molar-refractivity contribution is 5.81. The second-order valence-electron chi connectivity index (χ2n) is 7.91. The van der Waals surface area contributed by atoms with Gasteiger partial charge in [-0.05, 0) is 30.7 Å². The second-order valence-corrected chi connectivity index (χ2v) is 7.91. The summed E-state index contributed by atoms with van der Waals surface area (Å²) in [5, 5.41) is 0. The van der Waals surface area contributed by atoms with Crippen LogP contribution in [0.1, 0.15) is 37.4 Å². The van der Waals surface area contributed by atoms with E-state index >= 15 is 0 Å². The number of aromatic nitrogens is 2. The third-order valence-electron chi connectivity index (χ3n) is 5.12. The zero-order chi connectivity index (χ0) is 23.3. The van der Waals surface area contributed by atoms with E-state index in [4.69, 9.17) is 4.74 Å². The highest BCUT2D eigenvalue weighted by Gasteiger charge is 2.28. The highest BCUT2D eigenvalue weighted by Crippen LogP contribution is 2.24. The van der Waals surface area contributed by atoms with E-state index in [0.717, 1.165) is 0 Å². The average molecular weight is 455 g/mol. The Kier molecular flexibility index (Phi) is 7.65. The van der Waals surface area contributed by atoms with Crippen molar-refractivity contribution in [2.24, 2.45) is 0 Å². The first-order valence-electron chi connectivity index (χ1n) is 10.3. The Morgan fingerprint density at radius 1 is 1.31 bits per heavy atom. The first-order valence-corrected chi connectivity index (χ1v) is 10.3. The van der Waals surface area contributed by atoms with Gasteiger partial charge in [-0.1, -0.05) is 6.92 Å². The number of anilines is 1. The summed E-state index contributed by atoms with van der Waals surface area (Å²) in [6.45, 7) is 3.89. The van der Waals surface area contributed by atoms with Gasteiger partial charge < -0.3 is 14.4 Å². The average Bonchev–Trinajstić information content (AvgIpc) is 2.73. The molecule has 32 heavy (non-hydrogen) atoms. The maximum Gasteiger partial charge on any atom is 0.422 e. The lowest BCUT2D eigenvalue weighted by atomic mass is 9.97. The molecule has 0 N–H and O–H groups in total. The van der Waals surface area contributed by atoms with E-state index in [0.29, 0.717) is 31.0 Å². The number of hydrogen-bond donors (Lipinski definition) is 0. The molecule has 1 saturated heterocycles. The van der Waals surface area contributed by atoms with Crippen molar-refractivity contribution in [3.05, 3.63) is 47.7 Å². The molecule has 1 fully saturated rings.